The summed E-state index contributed by atoms with van der Waals surface area (Å²) < 4.78 is 1.81. The van der Waals surface area contributed by atoms with Crippen LogP contribution in [-0.4, -0.2) is 27.3 Å². The second-order valence-corrected chi connectivity index (χ2v) is 5.20. The van der Waals surface area contributed by atoms with Gasteiger partial charge in [-0.2, -0.15) is 5.10 Å². The first-order valence-electron chi connectivity index (χ1n) is 6.48. The van der Waals surface area contributed by atoms with Gasteiger partial charge in [-0.3, -0.25) is 0 Å². The van der Waals surface area contributed by atoms with Crippen molar-refractivity contribution < 1.29 is 0 Å². The minimum absolute atomic E-state index is 0.580. The van der Waals surface area contributed by atoms with Gasteiger partial charge in [0.2, 0.25) is 0 Å². The van der Waals surface area contributed by atoms with Crippen LogP contribution in [0.25, 0.3) is 16.7 Å². The van der Waals surface area contributed by atoms with E-state index < -0.39 is 0 Å². The SMILES string of the molecule is Sc1cnc2c(cnn2-c2cccc(C3=NCNN3)c2)c1. The minimum Gasteiger partial charge on any atom is -0.304 e. The standard InChI is InChI=1S/C14H12N6S/c21-12-5-10-6-18-20(14(10)15-7-12)11-3-1-2-9(4-11)13-16-8-17-19-13/h1-7,17,21H,8H2,(H,16,19). The van der Waals surface area contributed by atoms with Crippen molar-refractivity contribution in [2.24, 2.45) is 4.99 Å². The van der Waals surface area contributed by atoms with Crippen LogP contribution >= 0.6 is 12.6 Å². The van der Waals surface area contributed by atoms with E-state index in [-0.39, 0.29) is 0 Å². The molecule has 0 bridgehead atoms. The molecule has 21 heavy (non-hydrogen) atoms. The third kappa shape index (κ3) is 2.16. The maximum absolute atomic E-state index is 4.42. The summed E-state index contributed by atoms with van der Waals surface area (Å²) in [5.41, 5.74) is 8.76. The van der Waals surface area contributed by atoms with Gasteiger partial charge in [-0.25, -0.2) is 20.1 Å². The molecule has 0 radical (unpaired) electrons. The molecule has 0 saturated heterocycles. The van der Waals surface area contributed by atoms with E-state index in [1.807, 2.05) is 35.0 Å². The number of aliphatic imine (C=N–C) groups is 1. The highest BCUT2D eigenvalue weighted by atomic mass is 32.1. The lowest BCUT2D eigenvalue weighted by molar-refractivity contribution is 0.727. The molecule has 0 unspecified atom stereocenters. The lowest BCUT2D eigenvalue weighted by Crippen LogP contribution is -2.30. The zero-order valence-corrected chi connectivity index (χ0v) is 11.9. The Kier molecular flexibility index (Phi) is 2.87. The van der Waals surface area contributed by atoms with Gasteiger partial charge in [0, 0.05) is 22.0 Å². The molecule has 0 saturated carbocycles. The molecule has 0 aliphatic carbocycles. The quantitative estimate of drug-likeness (QED) is 0.627. The monoisotopic (exact) mass is 296 g/mol. The van der Waals surface area contributed by atoms with E-state index in [1.54, 1.807) is 12.4 Å². The van der Waals surface area contributed by atoms with Gasteiger partial charge in [-0.05, 0) is 18.2 Å². The van der Waals surface area contributed by atoms with Gasteiger partial charge in [0.05, 0.1) is 11.9 Å². The number of amidine groups is 1. The van der Waals surface area contributed by atoms with E-state index in [4.69, 9.17) is 0 Å². The van der Waals surface area contributed by atoms with Crippen LogP contribution < -0.4 is 10.9 Å². The molecule has 0 fully saturated rings. The number of hydrogen-bond donors (Lipinski definition) is 3. The number of aromatic nitrogens is 3. The molecule has 3 aromatic rings. The van der Waals surface area contributed by atoms with Gasteiger partial charge in [0.15, 0.2) is 5.65 Å². The van der Waals surface area contributed by atoms with Crippen molar-refractivity contribution >= 4 is 29.5 Å². The number of hydrazine groups is 1. The Labute approximate surface area is 126 Å². The molecule has 104 valence electrons. The van der Waals surface area contributed by atoms with E-state index in [0.29, 0.717) is 6.67 Å². The molecule has 7 heteroatoms. The van der Waals surface area contributed by atoms with Gasteiger partial charge in [0.25, 0.3) is 0 Å². The number of nitrogens with one attached hydrogen (secondary N) is 2. The molecule has 0 atom stereocenters. The fourth-order valence-electron chi connectivity index (χ4n) is 2.33. The van der Waals surface area contributed by atoms with Crippen LogP contribution in [0.15, 0.2) is 52.6 Å². The van der Waals surface area contributed by atoms with Crippen molar-refractivity contribution in [2.75, 3.05) is 6.67 Å². The highest BCUT2D eigenvalue weighted by molar-refractivity contribution is 7.80. The molecule has 0 amide bonds. The maximum atomic E-state index is 4.42. The van der Waals surface area contributed by atoms with E-state index >= 15 is 0 Å². The van der Waals surface area contributed by atoms with Crippen molar-refractivity contribution in [1.82, 2.24) is 25.6 Å². The normalized spacial score (nSPS) is 14.2. The van der Waals surface area contributed by atoms with Gasteiger partial charge < -0.3 is 5.43 Å². The summed E-state index contributed by atoms with van der Waals surface area (Å²) in [7, 11) is 0. The fraction of sp³-hybridized carbons (Fsp3) is 0.0714. The smallest absolute Gasteiger partial charge is 0.162 e. The van der Waals surface area contributed by atoms with Gasteiger partial charge >= 0.3 is 0 Å². The molecule has 3 heterocycles. The van der Waals surface area contributed by atoms with Crippen molar-refractivity contribution in [3.8, 4) is 5.69 Å². The topological polar surface area (TPSA) is 67.1 Å². The predicted octanol–water partition coefficient (Wildman–Crippen LogP) is 1.52. The summed E-state index contributed by atoms with van der Waals surface area (Å²) in [6.07, 6.45) is 3.52. The molecular weight excluding hydrogens is 284 g/mol. The van der Waals surface area contributed by atoms with Crippen LogP contribution in [0.4, 0.5) is 0 Å². The maximum Gasteiger partial charge on any atom is 0.162 e. The number of hydrogen-bond acceptors (Lipinski definition) is 6. The van der Waals surface area contributed by atoms with Crippen LogP contribution in [0.1, 0.15) is 5.56 Å². The molecular formula is C14H12N6S. The molecule has 1 aliphatic rings. The minimum atomic E-state index is 0.580. The second kappa shape index (κ2) is 4.87. The lowest BCUT2D eigenvalue weighted by atomic mass is 10.2. The number of benzene rings is 1. The van der Waals surface area contributed by atoms with Crippen LogP contribution in [0.2, 0.25) is 0 Å². The summed E-state index contributed by atoms with van der Waals surface area (Å²) in [5.74, 6) is 0.832. The van der Waals surface area contributed by atoms with E-state index in [1.165, 1.54) is 0 Å². The summed E-state index contributed by atoms with van der Waals surface area (Å²) >= 11 is 4.30. The zero-order chi connectivity index (χ0) is 14.2. The van der Waals surface area contributed by atoms with E-state index in [9.17, 15) is 0 Å². The largest absolute Gasteiger partial charge is 0.304 e. The van der Waals surface area contributed by atoms with Crippen molar-refractivity contribution in [3.05, 3.63) is 48.3 Å². The van der Waals surface area contributed by atoms with E-state index in [2.05, 4.69) is 38.6 Å². The number of fused-ring (bicyclic) bond motifs is 1. The zero-order valence-electron chi connectivity index (χ0n) is 11.0. The van der Waals surface area contributed by atoms with Crippen LogP contribution in [0.5, 0.6) is 0 Å². The Morgan fingerprint density at radius 3 is 3.00 bits per heavy atom. The lowest BCUT2D eigenvalue weighted by Gasteiger charge is -2.06. The Morgan fingerprint density at radius 2 is 2.14 bits per heavy atom. The fourth-order valence-corrected chi connectivity index (χ4v) is 2.53. The Morgan fingerprint density at radius 1 is 1.19 bits per heavy atom. The molecule has 4 rings (SSSR count). The van der Waals surface area contributed by atoms with Gasteiger partial charge in [-0.15, -0.1) is 12.6 Å². The van der Waals surface area contributed by atoms with Crippen LogP contribution in [-0.2, 0) is 0 Å². The van der Waals surface area contributed by atoms with Crippen molar-refractivity contribution in [3.63, 3.8) is 0 Å². The van der Waals surface area contributed by atoms with Crippen molar-refractivity contribution in [1.29, 1.82) is 0 Å². The third-order valence-corrected chi connectivity index (χ3v) is 3.53. The summed E-state index contributed by atoms with van der Waals surface area (Å²) in [4.78, 5) is 9.58. The Bertz CT molecular complexity index is 854. The predicted molar refractivity (Wildman–Crippen MR) is 83.8 cm³/mol. The number of rotatable bonds is 2. The first kappa shape index (κ1) is 12.4. The number of pyridine rings is 1. The summed E-state index contributed by atoms with van der Waals surface area (Å²) in [6, 6.07) is 9.96. The van der Waals surface area contributed by atoms with Crippen LogP contribution in [0, 0.1) is 0 Å². The number of thiol groups is 1. The molecule has 2 aromatic heterocycles. The molecule has 2 N–H and O–H groups in total. The summed E-state index contributed by atoms with van der Waals surface area (Å²) in [5, 5.41) is 5.38. The highest BCUT2D eigenvalue weighted by Crippen LogP contribution is 2.19. The average Bonchev–Trinajstić information content (AvgIpc) is 3.16. The first-order valence-corrected chi connectivity index (χ1v) is 6.93. The molecule has 1 aromatic carbocycles. The van der Waals surface area contributed by atoms with Crippen molar-refractivity contribution in [2.45, 2.75) is 4.90 Å². The average molecular weight is 296 g/mol. The van der Waals surface area contributed by atoms with Crippen LogP contribution in [0.3, 0.4) is 0 Å². The molecule has 1 aliphatic heterocycles. The first-order chi connectivity index (χ1) is 10.3. The number of nitrogens with zero attached hydrogens (tertiary/aromatic N) is 4. The molecule has 6 nitrogen and oxygen atoms in total. The Hall–Kier alpha value is -2.38. The van der Waals surface area contributed by atoms with Gasteiger partial charge in [-0.1, -0.05) is 12.1 Å². The van der Waals surface area contributed by atoms with Gasteiger partial charge in [0.1, 0.15) is 12.5 Å². The second-order valence-electron chi connectivity index (χ2n) is 4.68. The molecule has 0 spiro atoms. The Balaban J connectivity index is 1.83. The van der Waals surface area contributed by atoms with E-state index in [0.717, 1.165) is 33.0 Å². The third-order valence-electron chi connectivity index (χ3n) is 3.28. The highest BCUT2D eigenvalue weighted by Gasteiger charge is 2.11. The summed E-state index contributed by atoms with van der Waals surface area (Å²) in [6.45, 7) is 0.580.